The third-order valence-corrected chi connectivity index (χ3v) is 3.57. The summed E-state index contributed by atoms with van der Waals surface area (Å²) in [5.74, 6) is 0.0641. The number of nitrogens with one attached hydrogen (secondary N) is 2. The highest BCUT2D eigenvalue weighted by Crippen LogP contribution is 2.23. The number of carbonyl (C=O) groups is 2. The maximum absolute atomic E-state index is 11.7. The van der Waals surface area contributed by atoms with Gasteiger partial charge in [0.2, 0.25) is 11.8 Å². The molecule has 0 radical (unpaired) electrons. The van der Waals surface area contributed by atoms with Gasteiger partial charge in [-0.1, -0.05) is 52.0 Å². The lowest BCUT2D eigenvalue weighted by atomic mass is 9.93. The van der Waals surface area contributed by atoms with Gasteiger partial charge in [-0.05, 0) is 23.0 Å². The van der Waals surface area contributed by atoms with E-state index in [2.05, 4.69) is 62.6 Å². The number of hydrogen-bond acceptors (Lipinski definition) is 3. The van der Waals surface area contributed by atoms with Gasteiger partial charge in [-0.15, -0.1) is 0 Å². The van der Waals surface area contributed by atoms with Gasteiger partial charge in [-0.25, -0.2) is 0 Å². The van der Waals surface area contributed by atoms with Crippen LogP contribution in [0.1, 0.15) is 50.8 Å². The van der Waals surface area contributed by atoms with Crippen LogP contribution in [0, 0.1) is 5.92 Å². The molecule has 1 rings (SSSR count). The third-order valence-electron chi connectivity index (χ3n) is 3.57. The Kier molecular flexibility index (Phi) is 7.05. The Bertz CT molecular complexity index is 495. The molecule has 22 heavy (non-hydrogen) atoms. The molecule has 1 aromatic carbocycles. The molecule has 0 aliphatic heterocycles. The molecule has 0 aliphatic rings. The molecule has 0 spiro atoms. The van der Waals surface area contributed by atoms with Crippen LogP contribution in [-0.4, -0.2) is 24.9 Å². The molecule has 0 saturated heterocycles. The predicted molar refractivity (Wildman–Crippen MR) is 88.3 cm³/mol. The minimum absolute atomic E-state index is 0.0838. The van der Waals surface area contributed by atoms with Crippen LogP contribution in [0.4, 0.5) is 0 Å². The van der Waals surface area contributed by atoms with Gasteiger partial charge in [0.15, 0.2) is 0 Å². The number of benzene rings is 1. The lowest BCUT2D eigenvalue weighted by Crippen LogP contribution is -2.40. The van der Waals surface area contributed by atoms with Gasteiger partial charge in [0.05, 0.1) is 13.1 Å². The van der Waals surface area contributed by atoms with Gasteiger partial charge in [0, 0.05) is 6.04 Å². The first-order valence-electron chi connectivity index (χ1n) is 7.69. The highest BCUT2D eigenvalue weighted by Gasteiger charge is 2.16. The van der Waals surface area contributed by atoms with Gasteiger partial charge in [0.1, 0.15) is 0 Å². The summed E-state index contributed by atoms with van der Waals surface area (Å²) in [6.45, 7) is 8.56. The topological polar surface area (TPSA) is 84.2 Å². The average molecular weight is 305 g/mol. The second kappa shape index (κ2) is 8.54. The van der Waals surface area contributed by atoms with Crippen LogP contribution in [0.2, 0.25) is 0 Å². The standard InChI is InChI=1S/C17H27N3O2/c1-11(2)13-5-7-14(8-6-13)17(12(3)4)20-10-16(22)19-9-15(18)21/h5-8,11-12,17,20H,9-10H2,1-4H3,(H2,18,21)(H,19,22)/t17-/m0/s1. The van der Waals surface area contributed by atoms with Crippen molar-refractivity contribution in [2.24, 2.45) is 11.7 Å². The summed E-state index contributed by atoms with van der Waals surface area (Å²) < 4.78 is 0. The van der Waals surface area contributed by atoms with E-state index in [1.807, 2.05) is 0 Å². The summed E-state index contributed by atoms with van der Waals surface area (Å²) in [5.41, 5.74) is 7.45. The zero-order valence-corrected chi connectivity index (χ0v) is 13.8. The van der Waals surface area contributed by atoms with Crippen LogP contribution in [-0.2, 0) is 9.59 Å². The van der Waals surface area contributed by atoms with E-state index in [0.717, 1.165) is 5.56 Å². The highest BCUT2D eigenvalue weighted by molar-refractivity contribution is 5.84. The van der Waals surface area contributed by atoms with E-state index < -0.39 is 5.91 Å². The second-order valence-electron chi connectivity index (χ2n) is 6.17. The Hall–Kier alpha value is -1.88. The number of rotatable bonds is 8. The average Bonchev–Trinajstić information content (AvgIpc) is 2.45. The molecule has 0 aromatic heterocycles. The molecule has 1 atom stereocenters. The maximum Gasteiger partial charge on any atom is 0.236 e. The van der Waals surface area contributed by atoms with E-state index in [1.54, 1.807) is 0 Å². The minimum atomic E-state index is -0.543. The zero-order valence-electron chi connectivity index (χ0n) is 13.8. The molecule has 5 nitrogen and oxygen atoms in total. The van der Waals surface area contributed by atoms with Crippen molar-refractivity contribution in [3.63, 3.8) is 0 Å². The van der Waals surface area contributed by atoms with E-state index >= 15 is 0 Å². The molecule has 2 amide bonds. The summed E-state index contributed by atoms with van der Waals surface area (Å²) in [4.78, 5) is 22.3. The van der Waals surface area contributed by atoms with Gasteiger partial charge in [-0.2, -0.15) is 0 Å². The molecule has 0 heterocycles. The van der Waals surface area contributed by atoms with Crippen molar-refractivity contribution in [1.29, 1.82) is 0 Å². The van der Waals surface area contributed by atoms with Crippen molar-refractivity contribution in [3.8, 4) is 0 Å². The van der Waals surface area contributed by atoms with E-state index in [4.69, 9.17) is 5.73 Å². The molecule has 0 unspecified atom stereocenters. The Balaban J connectivity index is 2.65. The Morgan fingerprint density at radius 1 is 1.00 bits per heavy atom. The molecule has 0 bridgehead atoms. The second-order valence-corrected chi connectivity index (χ2v) is 6.17. The van der Waals surface area contributed by atoms with Crippen molar-refractivity contribution in [2.75, 3.05) is 13.1 Å². The first-order chi connectivity index (χ1) is 10.3. The minimum Gasteiger partial charge on any atom is -0.368 e. The lowest BCUT2D eigenvalue weighted by Gasteiger charge is -2.23. The van der Waals surface area contributed by atoms with Crippen LogP contribution < -0.4 is 16.4 Å². The third kappa shape index (κ3) is 5.85. The first kappa shape index (κ1) is 18.2. The maximum atomic E-state index is 11.7. The lowest BCUT2D eigenvalue weighted by molar-refractivity contribution is -0.124. The number of carbonyl (C=O) groups excluding carboxylic acids is 2. The smallest absolute Gasteiger partial charge is 0.236 e. The molecule has 0 saturated carbocycles. The number of nitrogens with two attached hydrogens (primary N) is 1. The van der Waals surface area contributed by atoms with Crippen LogP contribution in [0.25, 0.3) is 0 Å². The van der Waals surface area contributed by atoms with Crippen LogP contribution >= 0.6 is 0 Å². The molecular weight excluding hydrogens is 278 g/mol. The van der Waals surface area contributed by atoms with Crippen molar-refractivity contribution < 1.29 is 9.59 Å². The summed E-state index contributed by atoms with van der Waals surface area (Å²) in [6, 6.07) is 8.55. The van der Waals surface area contributed by atoms with Crippen molar-refractivity contribution >= 4 is 11.8 Å². The number of hydrogen-bond donors (Lipinski definition) is 3. The quantitative estimate of drug-likeness (QED) is 0.683. The Morgan fingerprint density at radius 3 is 2.00 bits per heavy atom. The molecule has 1 aromatic rings. The highest BCUT2D eigenvalue weighted by atomic mass is 16.2. The van der Waals surface area contributed by atoms with Gasteiger partial charge in [-0.3, -0.25) is 9.59 Å². The van der Waals surface area contributed by atoms with Gasteiger partial charge < -0.3 is 16.4 Å². The van der Waals surface area contributed by atoms with Gasteiger partial charge in [0.25, 0.3) is 0 Å². The molecule has 0 fully saturated rings. The fourth-order valence-electron chi connectivity index (χ4n) is 2.28. The predicted octanol–water partition coefficient (Wildman–Crippen LogP) is 1.70. The summed E-state index contributed by atoms with van der Waals surface area (Å²) >= 11 is 0. The molecular formula is C17H27N3O2. The van der Waals surface area contributed by atoms with Crippen molar-refractivity contribution in [3.05, 3.63) is 35.4 Å². The van der Waals surface area contributed by atoms with E-state index in [1.165, 1.54) is 5.56 Å². The summed E-state index contributed by atoms with van der Waals surface area (Å²) in [7, 11) is 0. The number of amides is 2. The van der Waals surface area contributed by atoms with Crippen molar-refractivity contribution in [1.82, 2.24) is 10.6 Å². The van der Waals surface area contributed by atoms with E-state index in [-0.39, 0.29) is 25.0 Å². The Morgan fingerprint density at radius 2 is 1.55 bits per heavy atom. The van der Waals surface area contributed by atoms with Crippen molar-refractivity contribution in [2.45, 2.75) is 39.7 Å². The first-order valence-corrected chi connectivity index (χ1v) is 7.69. The molecule has 5 heteroatoms. The SMILES string of the molecule is CC(C)c1ccc([C@@H](NCC(=O)NCC(N)=O)C(C)C)cc1. The van der Waals surface area contributed by atoms with Crippen LogP contribution in [0.3, 0.4) is 0 Å². The van der Waals surface area contributed by atoms with E-state index in [9.17, 15) is 9.59 Å². The Labute approximate surface area is 132 Å². The fraction of sp³-hybridized carbons (Fsp3) is 0.529. The fourth-order valence-corrected chi connectivity index (χ4v) is 2.28. The van der Waals surface area contributed by atoms with Crippen LogP contribution in [0.15, 0.2) is 24.3 Å². The normalized spacial score (nSPS) is 12.5. The molecule has 0 aliphatic carbocycles. The van der Waals surface area contributed by atoms with Gasteiger partial charge >= 0.3 is 0 Å². The van der Waals surface area contributed by atoms with E-state index in [0.29, 0.717) is 11.8 Å². The number of primary amides is 1. The van der Waals surface area contributed by atoms with Crippen LogP contribution in [0.5, 0.6) is 0 Å². The largest absolute Gasteiger partial charge is 0.368 e. The monoisotopic (exact) mass is 305 g/mol. The zero-order chi connectivity index (χ0) is 16.7. The molecule has 122 valence electrons. The summed E-state index contributed by atoms with van der Waals surface area (Å²) in [5, 5.41) is 5.72. The summed E-state index contributed by atoms with van der Waals surface area (Å²) in [6.07, 6.45) is 0. The molecule has 4 N–H and O–H groups in total.